The molecule has 0 spiro atoms. The van der Waals surface area contributed by atoms with Crippen LogP contribution in [0.3, 0.4) is 0 Å². The van der Waals surface area contributed by atoms with Gasteiger partial charge in [0.15, 0.2) is 5.76 Å². The summed E-state index contributed by atoms with van der Waals surface area (Å²) >= 11 is 12.0. The van der Waals surface area contributed by atoms with Gasteiger partial charge in [-0.05, 0) is 19.9 Å². The molecule has 0 aliphatic heterocycles. The van der Waals surface area contributed by atoms with Crippen molar-refractivity contribution < 1.29 is 8.91 Å². The molecule has 0 aliphatic carbocycles. The number of fused-ring (bicyclic) bond motifs is 1. The van der Waals surface area contributed by atoms with Crippen LogP contribution in [-0.2, 0) is 6.54 Å². The van der Waals surface area contributed by atoms with E-state index < -0.39 is 5.82 Å². The van der Waals surface area contributed by atoms with Crippen molar-refractivity contribution in [3.63, 3.8) is 0 Å². The first-order chi connectivity index (χ1) is 9.95. The summed E-state index contributed by atoms with van der Waals surface area (Å²) in [5.41, 5.74) is 2.01. The fraction of sp³-hybridized carbons (Fsp3) is 0.286. The van der Waals surface area contributed by atoms with Crippen LogP contribution >= 0.6 is 23.2 Å². The SMILES string of the molecule is Cc1cc(Cn2c(C(C)Cl)nc3cc(F)c(Cl)cc32)on1. The van der Waals surface area contributed by atoms with E-state index in [0.29, 0.717) is 29.2 Å². The average molecular weight is 328 g/mol. The second-order valence-corrected chi connectivity index (χ2v) is 5.92. The lowest BCUT2D eigenvalue weighted by atomic mass is 10.3. The third-order valence-corrected chi connectivity index (χ3v) is 3.65. The molecule has 0 aliphatic rings. The van der Waals surface area contributed by atoms with E-state index in [4.69, 9.17) is 27.7 Å². The first-order valence-electron chi connectivity index (χ1n) is 6.37. The fourth-order valence-corrected chi connectivity index (χ4v) is 2.58. The highest BCUT2D eigenvalue weighted by molar-refractivity contribution is 6.31. The molecule has 1 unspecified atom stereocenters. The second-order valence-electron chi connectivity index (χ2n) is 4.86. The molecule has 0 radical (unpaired) electrons. The van der Waals surface area contributed by atoms with Crippen molar-refractivity contribution in [2.75, 3.05) is 0 Å². The lowest BCUT2D eigenvalue weighted by Crippen LogP contribution is -2.05. The third kappa shape index (κ3) is 2.63. The Labute approximate surface area is 130 Å². The molecule has 7 heteroatoms. The average Bonchev–Trinajstić information content (AvgIpc) is 2.96. The van der Waals surface area contributed by atoms with Crippen LogP contribution in [0.5, 0.6) is 0 Å². The van der Waals surface area contributed by atoms with Gasteiger partial charge in [0.05, 0.1) is 33.7 Å². The van der Waals surface area contributed by atoms with E-state index in [1.54, 1.807) is 6.07 Å². The first kappa shape index (κ1) is 14.4. The number of benzene rings is 1. The van der Waals surface area contributed by atoms with Gasteiger partial charge in [0.1, 0.15) is 11.6 Å². The summed E-state index contributed by atoms with van der Waals surface area (Å²) in [6.45, 7) is 4.06. The Morgan fingerprint density at radius 1 is 1.38 bits per heavy atom. The van der Waals surface area contributed by atoms with Gasteiger partial charge in [-0.15, -0.1) is 11.6 Å². The number of nitrogens with zero attached hydrogens (tertiary/aromatic N) is 3. The molecule has 110 valence electrons. The van der Waals surface area contributed by atoms with E-state index in [1.807, 2.05) is 24.5 Å². The molecule has 0 saturated carbocycles. The predicted molar refractivity (Wildman–Crippen MR) is 79.3 cm³/mol. The van der Waals surface area contributed by atoms with Crippen LogP contribution in [0.1, 0.15) is 29.6 Å². The van der Waals surface area contributed by atoms with E-state index in [-0.39, 0.29) is 10.4 Å². The van der Waals surface area contributed by atoms with Crippen molar-refractivity contribution in [2.45, 2.75) is 25.8 Å². The molecule has 4 nitrogen and oxygen atoms in total. The number of aryl methyl sites for hydroxylation is 1. The van der Waals surface area contributed by atoms with Crippen molar-refractivity contribution in [2.24, 2.45) is 0 Å². The molecule has 1 atom stereocenters. The molecule has 21 heavy (non-hydrogen) atoms. The minimum atomic E-state index is -0.502. The summed E-state index contributed by atoms with van der Waals surface area (Å²) in [5.74, 6) is 0.798. The number of imidazole rings is 1. The molecule has 0 saturated heterocycles. The van der Waals surface area contributed by atoms with E-state index in [0.717, 1.165) is 5.69 Å². The molecule has 2 aromatic heterocycles. The summed E-state index contributed by atoms with van der Waals surface area (Å²) in [5, 5.41) is 3.57. The Morgan fingerprint density at radius 3 is 2.76 bits per heavy atom. The Kier molecular flexibility index (Phi) is 3.63. The molecular formula is C14H12Cl2FN3O. The van der Waals surface area contributed by atoms with Crippen molar-refractivity contribution in [1.82, 2.24) is 14.7 Å². The van der Waals surface area contributed by atoms with Gasteiger partial charge in [-0.2, -0.15) is 0 Å². The highest BCUT2D eigenvalue weighted by Gasteiger charge is 2.18. The monoisotopic (exact) mass is 327 g/mol. The number of hydrogen-bond donors (Lipinski definition) is 0. The van der Waals surface area contributed by atoms with Crippen LogP contribution in [0.4, 0.5) is 4.39 Å². The normalized spacial score (nSPS) is 13.0. The van der Waals surface area contributed by atoms with Crippen molar-refractivity contribution >= 4 is 34.2 Å². The minimum Gasteiger partial charge on any atom is -0.359 e. The maximum absolute atomic E-state index is 13.6. The Morgan fingerprint density at radius 2 is 2.14 bits per heavy atom. The van der Waals surface area contributed by atoms with E-state index in [9.17, 15) is 4.39 Å². The maximum atomic E-state index is 13.6. The third-order valence-electron chi connectivity index (χ3n) is 3.17. The number of alkyl halides is 1. The highest BCUT2D eigenvalue weighted by atomic mass is 35.5. The van der Waals surface area contributed by atoms with Gasteiger partial charge in [0.2, 0.25) is 0 Å². The molecule has 1 aromatic carbocycles. The standard InChI is InChI=1S/C14H12Cl2FN3O/c1-7-3-9(21-19-7)6-20-13-4-10(16)11(17)5-12(13)18-14(20)8(2)15/h3-5,8H,6H2,1-2H3. The van der Waals surface area contributed by atoms with Crippen LogP contribution in [0.2, 0.25) is 5.02 Å². The van der Waals surface area contributed by atoms with E-state index in [1.165, 1.54) is 6.07 Å². The fourth-order valence-electron chi connectivity index (χ4n) is 2.26. The molecule has 0 bridgehead atoms. The number of aromatic nitrogens is 3. The van der Waals surface area contributed by atoms with Crippen LogP contribution in [0.25, 0.3) is 11.0 Å². The van der Waals surface area contributed by atoms with Gasteiger partial charge in [-0.1, -0.05) is 16.8 Å². The minimum absolute atomic E-state index is 0.0474. The summed E-state index contributed by atoms with van der Waals surface area (Å²) in [7, 11) is 0. The van der Waals surface area contributed by atoms with Gasteiger partial charge in [0.25, 0.3) is 0 Å². The highest BCUT2D eigenvalue weighted by Crippen LogP contribution is 2.29. The number of rotatable bonds is 3. The molecule has 3 aromatic rings. The number of halogens is 3. The van der Waals surface area contributed by atoms with Crippen molar-refractivity contribution in [1.29, 1.82) is 0 Å². The zero-order chi connectivity index (χ0) is 15.1. The zero-order valence-electron chi connectivity index (χ0n) is 11.4. The van der Waals surface area contributed by atoms with E-state index in [2.05, 4.69) is 10.1 Å². The van der Waals surface area contributed by atoms with Gasteiger partial charge in [-0.25, -0.2) is 9.37 Å². The molecule has 0 N–H and O–H groups in total. The number of hydrogen-bond acceptors (Lipinski definition) is 3. The van der Waals surface area contributed by atoms with Crippen LogP contribution < -0.4 is 0 Å². The Hall–Kier alpha value is -1.59. The summed E-state index contributed by atoms with van der Waals surface area (Å²) in [4.78, 5) is 4.39. The van der Waals surface area contributed by atoms with Crippen molar-refractivity contribution in [3.8, 4) is 0 Å². The molecule has 0 fully saturated rings. The summed E-state index contributed by atoms with van der Waals surface area (Å²) in [6, 6.07) is 4.69. The molecule has 2 heterocycles. The summed E-state index contributed by atoms with van der Waals surface area (Å²) < 4.78 is 20.7. The van der Waals surface area contributed by atoms with Crippen LogP contribution in [0.15, 0.2) is 22.7 Å². The Balaban J connectivity index is 2.17. The zero-order valence-corrected chi connectivity index (χ0v) is 12.9. The van der Waals surface area contributed by atoms with Gasteiger partial charge in [-0.3, -0.25) is 0 Å². The van der Waals surface area contributed by atoms with Gasteiger partial charge < -0.3 is 9.09 Å². The maximum Gasteiger partial charge on any atom is 0.156 e. The topological polar surface area (TPSA) is 43.9 Å². The van der Waals surface area contributed by atoms with Crippen LogP contribution in [-0.4, -0.2) is 14.7 Å². The Bertz CT molecular complexity index is 810. The lowest BCUT2D eigenvalue weighted by molar-refractivity contribution is 0.372. The summed E-state index contributed by atoms with van der Waals surface area (Å²) in [6.07, 6.45) is 0. The molecular weight excluding hydrogens is 316 g/mol. The molecule has 3 rings (SSSR count). The largest absolute Gasteiger partial charge is 0.359 e. The smallest absolute Gasteiger partial charge is 0.156 e. The molecule has 0 amide bonds. The predicted octanol–water partition coefficient (Wildman–Crippen LogP) is 4.47. The first-order valence-corrected chi connectivity index (χ1v) is 7.18. The van der Waals surface area contributed by atoms with Crippen molar-refractivity contribution in [3.05, 3.63) is 46.3 Å². The van der Waals surface area contributed by atoms with E-state index >= 15 is 0 Å². The lowest BCUT2D eigenvalue weighted by Gasteiger charge is -2.08. The van der Waals surface area contributed by atoms with Gasteiger partial charge >= 0.3 is 0 Å². The quantitative estimate of drug-likeness (QED) is 0.666. The van der Waals surface area contributed by atoms with Crippen LogP contribution in [0, 0.1) is 12.7 Å². The van der Waals surface area contributed by atoms with Gasteiger partial charge in [0, 0.05) is 12.1 Å². The second kappa shape index (κ2) is 5.31.